The van der Waals surface area contributed by atoms with Gasteiger partial charge < -0.3 is 9.80 Å². The van der Waals surface area contributed by atoms with Gasteiger partial charge in [-0.3, -0.25) is 4.79 Å². The number of anilines is 1. The second-order valence-electron chi connectivity index (χ2n) is 5.87. The average Bonchev–Trinajstić information content (AvgIpc) is 2.53. The number of hydrogen-bond acceptors (Lipinski definition) is 4. The van der Waals surface area contributed by atoms with Gasteiger partial charge in [-0.15, -0.1) is 0 Å². The molecule has 1 aliphatic rings. The Kier molecular flexibility index (Phi) is 4.22. The molecule has 120 valence electrons. The zero-order valence-corrected chi connectivity index (χ0v) is 14.3. The molecule has 2 heterocycles. The summed E-state index contributed by atoms with van der Waals surface area (Å²) in [5.74, 6) is 1.59. The lowest BCUT2D eigenvalue weighted by Crippen LogP contribution is -2.37. The molecule has 0 saturated heterocycles. The van der Waals surface area contributed by atoms with Crippen LogP contribution in [0.1, 0.15) is 27.4 Å². The van der Waals surface area contributed by atoms with Crippen LogP contribution in [0.2, 0.25) is 5.02 Å². The minimum absolute atomic E-state index is 0.0495. The van der Waals surface area contributed by atoms with E-state index < -0.39 is 0 Å². The first-order valence-corrected chi connectivity index (χ1v) is 7.92. The number of carbonyl (C=O) groups excluding carboxylic acids is 1. The van der Waals surface area contributed by atoms with Crippen molar-refractivity contribution < 1.29 is 4.79 Å². The number of halogens is 1. The van der Waals surface area contributed by atoms with E-state index in [0.717, 1.165) is 29.3 Å². The maximum atomic E-state index is 12.8. The van der Waals surface area contributed by atoms with Crippen molar-refractivity contribution in [1.82, 2.24) is 14.9 Å². The molecule has 1 aliphatic heterocycles. The lowest BCUT2D eigenvalue weighted by atomic mass is 10.0. The second kappa shape index (κ2) is 6.16. The largest absolute Gasteiger partial charge is 0.362 e. The smallest absolute Gasteiger partial charge is 0.255 e. The van der Waals surface area contributed by atoms with Gasteiger partial charge >= 0.3 is 0 Å². The van der Waals surface area contributed by atoms with E-state index in [1.165, 1.54) is 0 Å². The lowest BCUT2D eigenvalue weighted by Gasteiger charge is -2.31. The predicted octanol–water partition coefficient (Wildman–Crippen LogP) is 2.70. The van der Waals surface area contributed by atoms with Gasteiger partial charge in [-0.25, -0.2) is 9.97 Å². The van der Waals surface area contributed by atoms with E-state index >= 15 is 0 Å². The first-order chi connectivity index (χ1) is 11.0. The Balaban J connectivity index is 1.94. The van der Waals surface area contributed by atoms with Crippen LogP contribution in [0, 0.1) is 6.92 Å². The Morgan fingerprint density at radius 1 is 1.26 bits per heavy atom. The van der Waals surface area contributed by atoms with Crippen LogP contribution in [0.4, 0.5) is 5.82 Å². The number of nitrogens with zero attached hydrogens (tertiary/aromatic N) is 4. The van der Waals surface area contributed by atoms with E-state index in [4.69, 9.17) is 11.6 Å². The molecule has 1 amide bonds. The van der Waals surface area contributed by atoms with Gasteiger partial charge in [-0.2, -0.15) is 0 Å². The molecule has 0 radical (unpaired) electrons. The Labute approximate surface area is 140 Å². The maximum Gasteiger partial charge on any atom is 0.255 e. The van der Waals surface area contributed by atoms with Crippen LogP contribution >= 0.6 is 11.6 Å². The zero-order valence-electron chi connectivity index (χ0n) is 13.5. The summed E-state index contributed by atoms with van der Waals surface area (Å²) >= 11 is 6.16. The van der Waals surface area contributed by atoms with E-state index in [1.54, 1.807) is 12.1 Å². The van der Waals surface area contributed by atoms with Crippen LogP contribution in [0.25, 0.3) is 0 Å². The molecule has 0 N–H and O–H groups in total. The Morgan fingerprint density at radius 2 is 2.00 bits per heavy atom. The normalized spacial score (nSPS) is 13.7. The fraction of sp³-hybridized carbons (Fsp3) is 0.353. The molecule has 5 nitrogen and oxygen atoms in total. The van der Waals surface area contributed by atoms with Gasteiger partial charge in [0, 0.05) is 32.6 Å². The van der Waals surface area contributed by atoms with E-state index in [0.29, 0.717) is 23.7 Å². The first-order valence-electron chi connectivity index (χ1n) is 7.55. The molecule has 1 aromatic heterocycles. The van der Waals surface area contributed by atoms with Crippen molar-refractivity contribution in [2.75, 3.05) is 25.5 Å². The molecular formula is C17H19ClN4O. The summed E-state index contributed by atoms with van der Waals surface area (Å²) < 4.78 is 0. The molecule has 0 atom stereocenters. The summed E-state index contributed by atoms with van der Waals surface area (Å²) in [4.78, 5) is 25.6. The molecule has 3 rings (SSSR count). The van der Waals surface area contributed by atoms with Crippen LogP contribution in [-0.4, -0.2) is 41.4 Å². The first kappa shape index (κ1) is 15.7. The van der Waals surface area contributed by atoms with Gasteiger partial charge in [0.2, 0.25) is 0 Å². The molecular weight excluding hydrogens is 312 g/mol. The molecule has 1 aromatic carbocycles. The van der Waals surface area contributed by atoms with Crippen LogP contribution in [-0.2, 0) is 13.0 Å². The highest BCUT2D eigenvalue weighted by molar-refractivity contribution is 6.33. The topological polar surface area (TPSA) is 49.3 Å². The van der Waals surface area contributed by atoms with Gasteiger partial charge in [-0.05, 0) is 19.1 Å². The summed E-state index contributed by atoms with van der Waals surface area (Å²) in [7, 11) is 3.91. The summed E-state index contributed by atoms with van der Waals surface area (Å²) in [5.41, 5.74) is 2.59. The zero-order chi connectivity index (χ0) is 16.6. The standard InChI is InChI=1S/C17H19ClN4O/c1-11-19-15-8-9-22(10-13(15)16(20-11)21(2)3)17(23)12-6-4-5-7-14(12)18/h4-7H,8-10H2,1-3H3. The molecule has 0 aliphatic carbocycles. The molecule has 6 heteroatoms. The van der Waals surface area contributed by atoms with Crippen LogP contribution in [0.3, 0.4) is 0 Å². The Hall–Kier alpha value is -2.14. The molecule has 0 fully saturated rings. The Morgan fingerprint density at radius 3 is 2.70 bits per heavy atom. The molecule has 2 aromatic rings. The summed E-state index contributed by atoms with van der Waals surface area (Å²) in [6, 6.07) is 7.16. The number of amides is 1. The van der Waals surface area contributed by atoms with Crippen LogP contribution in [0.15, 0.2) is 24.3 Å². The minimum atomic E-state index is -0.0495. The third kappa shape index (κ3) is 3.01. The number of fused-ring (bicyclic) bond motifs is 1. The summed E-state index contributed by atoms with van der Waals surface area (Å²) in [6.45, 7) is 3.04. The minimum Gasteiger partial charge on any atom is -0.362 e. The summed E-state index contributed by atoms with van der Waals surface area (Å²) in [6.07, 6.45) is 0.732. The summed E-state index contributed by atoms with van der Waals surface area (Å²) in [5, 5.41) is 0.483. The van der Waals surface area contributed by atoms with Crippen molar-refractivity contribution >= 4 is 23.3 Å². The predicted molar refractivity (Wildman–Crippen MR) is 91.0 cm³/mol. The van der Waals surface area contributed by atoms with Crippen molar-refractivity contribution in [2.24, 2.45) is 0 Å². The molecule has 0 saturated carbocycles. The van der Waals surface area contributed by atoms with E-state index in [9.17, 15) is 4.79 Å². The number of hydrogen-bond donors (Lipinski definition) is 0. The molecule has 0 spiro atoms. The highest BCUT2D eigenvalue weighted by Crippen LogP contribution is 2.27. The number of carbonyl (C=O) groups is 1. The number of aromatic nitrogens is 2. The monoisotopic (exact) mass is 330 g/mol. The molecule has 0 unspecified atom stereocenters. The van der Waals surface area contributed by atoms with E-state index in [2.05, 4.69) is 9.97 Å². The molecule has 0 bridgehead atoms. The fourth-order valence-corrected chi connectivity index (χ4v) is 3.08. The SMILES string of the molecule is Cc1nc2c(c(N(C)C)n1)CN(C(=O)c1ccccc1Cl)CC2. The highest BCUT2D eigenvalue weighted by atomic mass is 35.5. The van der Waals surface area contributed by atoms with Crippen molar-refractivity contribution in [2.45, 2.75) is 19.9 Å². The van der Waals surface area contributed by atoms with Gasteiger partial charge in [0.1, 0.15) is 11.6 Å². The van der Waals surface area contributed by atoms with Crippen molar-refractivity contribution in [1.29, 1.82) is 0 Å². The Bertz CT molecular complexity index is 760. The van der Waals surface area contributed by atoms with Gasteiger partial charge in [0.15, 0.2) is 0 Å². The van der Waals surface area contributed by atoms with Crippen molar-refractivity contribution in [3.63, 3.8) is 0 Å². The maximum absolute atomic E-state index is 12.8. The molecule has 23 heavy (non-hydrogen) atoms. The van der Waals surface area contributed by atoms with Crippen LogP contribution < -0.4 is 4.90 Å². The number of aryl methyl sites for hydroxylation is 1. The second-order valence-corrected chi connectivity index (χ2v) is 6.28. The lowest BCUT2D eigenvalue weighted by molar-refractivity contribution is 0.0734. The number of rotatable bonds is 2. The van der Waals surface area contributed by atoms with Crippen molar-refractivity contribution in [3.8, 4) is 0 Å². The van der Waals surface area contributed by atoms with E-state index in [-0.39, 0.29) is 5.91 Å². The third-order valence-electron chi connectivity index (χ3n) is 3.97. The van der Waals surface area contributed by atoms with Gasteiger partial charge in [-0.1, -0.05) is 23.7 Å². The highest BCUT2D eigenvalue weighted by Gasteiger charge is 2.27. The average molecular weight is 331 g/mol. The van der Waals surface area contributed by atoms with E-state index in [1.807, 2.05) is 43.0 Å². The van der Waals surface area contributed by atoms with Crippen LogP contribution in [0.5, 0.6) is 0 Å². The number of benzene rings is 1. The van der Waals surface area contributed by atoms with Gasteiger partial charge in [0.05, 0.1) is 22.8 Å². The fourth-order valence-electron chi connectivity index (χ4n) is 2.87. The van der Waals surface area contributed by atoms with Gasteiger partial charge in [0.25, 0.3) is 5.91 Å². The third-order valence-corrected chi connectivity index (χ3v) is 4.29. The van der Waals surface area contributed by atoms with Crippen molar-refractivity contribution in [3.05, 3.63) is 51.9 Å². The quantitative estimate of drug-likeness (QED) is 0.849.